The van der Waals surface area contributed by atoms with Crippen molar-refractivity contribution < 1.29 is 14.3 Å². The number of pyridine rings is 1. The lowest BCUT2D eigenvalue weighted by Crippen LogP contribution is -2.16. The lowest BCUT2D eigenvalue weighted by Gasteiger charge is -2.14. The minimum absolute atomic E-state index is 0.0384. The first-order chi connectivity index (χ1) is 14.0. The number of benzene rings is 1. The molecule has 2 unspecified atom stereocenters. The van der Waals surface area contributed by atoms with Crippen molar-refractivity contribution in [2.45, 2.75) is 37.7 Å². The van der Waals surface area contributed by atoms with Gasteiger partial charge < -0.3 is 15.4 Å². The SMILES string of the molecule is O=C(Nc1ccc(F)c(Cl)c1)c1[nH]c2ncccc2c1C1CC2CC(O)CC2C1. The molecule has 3 aromatic rings. The zero-order chi connectivity index (χ0) is 20.1. The van der Waals surface area contributed by atoms with E-state index in [0.717, 1.165) is 36.6 Å². The van der Waals surface area contributed by atoms with Gasteiger partial charge in [-0.3, -0.25) is 4.79 Å². The van der Waals surface area contributed by atoms with Crippen molar-refractivity contribution in [3.8, 4) is 0 Å². The maximum Gasteiger partial charge on any atom is 0.272 e. The molecule has 29 heavy (non-hydrogen) atoms. The largest absolute Gasteiger partial charge is 0.393 e. The van der Waals surface area contributed by atoms with Gasteiger partial charge in [0.25, 0.3) is 5.91 Å². The van der Waals surface area contributed by atoms with Crippen LogP contribution in [0.3, 0.4) is 0 Å². The number of hydrogen-bond donors (Lipinski definition) is 3. The Morgan fingerprint density at radius 2 is 1.97 bits per heavy atom. The number of nitrogens with zero attached hydrogens (tertiary/aromatic N) is 1. The molecule has 0 radical (unpaired) electrons. The Kier molecular flexibility index (Phi) is 4.56. The monoisotopic (exact) mass is 413 g/mol. The van der Waals surface area contributed by atoms with E-state index in [9.17, 15) is 14.3 Å². The molecule has 2 saturated carbocycles. The minimum Gasteiger partial charge on any atom is -0.393 e. The number of halogens is 2. The third kappa shape index (κ3) is 3.30. The Bertz CT molecular complexity index is 1080. The summed E-state index contributed by atoms with van der Waals surface area (Å²) in [6, 6.07) is 7.98. The van der Waals surface area contributed by atoms with E-state index in [1.54, 1.807) is 6.20 Å². The maximum absolute atomic E-state index is 13.4. The number of hydrogen-bond acceptors (Lipinski definition) is 3. The van der Waals surface area contributed by atoms with Crippen molar-refractivity contribution in [1.82, 2.24) is 9.97 Å². The van der Waals surface area contributed by atoms with E-state index in [0.29, 0.717) is 28.9 Å². The Hall–Kier alpha value is -2.44. The van der Waals surface area contributed by atoms with Gasteiger partial charge in [0.05, 0.1) is 11.1 Å². The van der Waals surface area contributed by atoms with Gasteiger partial charge in [-0.2, -0.15) is 0 Å². The molecule has 2 fully saturated rings. The predicted octanol–water partition coefficient (Wildman–Crippen LogP) is 4.87. The molecule has 150 valence electrons. The number of aliphatic hydroxyl groups excluding tert-OH is 1. The van der Waals surface area contributed by atoms with Gasteiger partial charge in [-0.25, -0.2) is 9.37 Å². The summed E-state index contributed by atoms with van der Waals surface area (Å²) >= 11 is 5.84. The zero-order valence-electron chi connectivity index (χ0n) is 15.7. The molecule has 2 aliphatic carbocycles. The van der Waals surface area contributed by atoms with E-state index >= 15 is 0 Å². The number of nitrogens with one attached hydrogen (secondary N) is 2. The van der Waals surface area contributed by atoms with Crippen LogP contribution in [0, 0.1) is 17.7 Å². The van der Waals surface area contributed by atoms with Gasteiger partial charge in [-0.1, -0.05) is 11.6 Å². The predicted molar refractivity (Wildman–Crippen MR) is 110 cm³/mol. The molecule has 7 heteroatoms. The Morgan fingerprint density at radius 3 is 2.69 bits per heavy atom. The molecule has 1 aromatic carbocycles. The molecule has 2 atom stereocenters. The van der Waals surface area contributed by atoms with Crippen LogP contribution in [0.2, 0.25) is 5.02 Å². The maximum atomic E-state index is 13.4. The number of amides is 1. The molecule has 3 N–H and O–H groups in total. The van der Waals surface area contributed by atoms with Crippen molar-refractivity contribution in [2.24, 2.45) is 11.8 Å². The number of fused-ring (bicyclic) bond motifs is 2. The van der Waals surface area contributed by atoms with Crippen LogP contribution >= 0.6 is 11.6 Å². The van der Waals surface area contributed by atoms with Gasteiger partial charge in [0.2, 0.25) is 0 Å². The second-order valence-corrected chi connectivity index (χ2v) is 8.62. The lowest BCUT2D eigenvalue weighted by atomic mass is 9.92. The standard InChI is InChI=1S/C22H21ClFN3O2/c23-17-10-14(3-4-18(17)24)26-22(29)20-19(16-2-1-5-25-21(16)27-20)13-6-11-8-15(28)9-12(11)7-13/h1-5,10-13,15,28H,6-9H2,(H,25,27)(H,26,29). The van der Waals surface area contributed by atoms with Crippen LogP contribution in [0.15, 0.2) is 36.5 Å². The van der Waals surface area contributed by atoms with E-state index in [4.69, 9.17) is 11.6 Å². The summed E-state index contributed by atoms with van der Waals surface area (Å²) in [6.07, 6.45) is 5.12. The van der Waals surface area contributed by atoms with E-state index in [-0.39, 0.29) is 23.0 Å². The molecular formula is C22H21ClFN3O2. The number of aliphatic hydroxyl groups is 1. The molecule has 2 heterocycles. The third-order valence-corrected chi connectivity index (χ3v) is 6.70. The number of anilines is 1. The molecule has 5 rings (SSSR count). The smallest absolute Gasteiger partial charge is 0.272 e. The van der Waals surface area contributed by atoms with Crippen LogP contribution < -0.4 is 5.32 Å². The third-order valence-electron chi connectivity index (χ3n) is 6.41. The molecule has 0 bridgehead atoms. The number of carbonyl (C=O) groups excluding carboxylic acids is 1. The highest BCUT2D eigenvalue weighted by Crippen LogP contribution is 2.52. The number of aromatic nitrogens is 2. The Morgan fingerprint density at radius 1 is 1.21 bits per heavy atom. The molecule has 2 aromatic heterocycles. The number of carbonyl (C=O) groups is 1. The van der Waals surface area contributed by atoms with Crippen molar-refractivity contribution in [2.75, 3.05) is 5.32 Å². The molecule has 0 saturated heterocycles. The first kappa shape index (κ1) is 18.6. The van der Waals surface area contributed by atoms with Gasteiger partial charge in [-0.15, -0.1) is 0 Å². The summed E-state index contributed by atoms with van der Waals surface area (Å²) in [6.45, 7) is 0. The summed E-state index contributed by atoms with van der Waals surface area (Å²) in [5, 5.41) is 13.7. The van der Waals surface area contributed by atoms with Crippen LogP contribution in [-0.2, 0) is 0 Å². The van der Waals surface area contributed by atoms with E-state index in [1.165, 1.54) is 18.2 Å². The number of H-pyrrole nitrogens is 1. The van der Waals surface area contributed by atoms with Crippen LogP contribution in [0.1, 0.15) is 47.7 Å². The van der Waals surface area contributed by atoms with Gasteiger partial charge >= 0.3 is 0 Å². The first-order valence-corrected chi connectivity index (χ1v) is 10.3. The van der Waals surface area contributed by atoms with Crippen molar-refractivity contribution in [1.29, 1.82) is 0 Å². The second kappa shape index (κ2) is 7.11. The van der Waals surface area contributed by atoms with Crippen molar-refractivity contribution in [3.05, 3.63) is 58.6 Å². The highest BCUT2D eigenvalue weighted by molar-refractivity contribution is 6.31. The van der Waals surface area contributed by atoms with Crippen molar-refractivity contribution in [3.63, 3.8) is 0 Å². The molecule has 0 spiro atoms. The zero-order valence-corrected chi connectivity index (χ0v) is 16.4. The molecular weight excluding hydrogens is 393 g/mol. The highest BCUT2D eigenvalue weighted by Gasteiger charge is 2.43. The quantitative estimate of drug-likeness (QED) is 0.573. The Labute approximate surface area is 172 Å². The van der Waals surface area contributed by atoms with E-state index in [2.05, 4.69) is 15.3 Å². The summed E-state index contributed by atoms with van der Waals surface area (Å²) in [4.78, 5) is 20.7. The number of rotatable bonds is 3. The van der Waals surface area contributed by atoms with Crippen LogP contribution in [0.4, 0.5) is 10.1 Å². The summed E-state index contributed by atoms with van der Waals surface area (Å²) in [5.74, 6) is 0.428. The van der Waals surface area contributed by atoms with Crippen LogP contribution in [0.5, 0.6) is 0 Å². The first-order valence-electron chi connectivity index (χ1n) is 9.90. The van der Waals surface area contributed by atoms with Crippen LogP contribution in [0.25, 0.3) is 11.0 Å². The highest BCUT2D eigenvalue weighted by atomic mass is 35.5. The average Bonchev–Trinajstić information content (AvgIpc) is 3.34. The fourth-order valence-electron chi connectivity index (χ4n) is 5.23. The van der Waals surface area contributed by atoms with Gasteiger partial charge in [-0.05, 0) is 79.3 Å². The molecule has 2 aliphatic rings. The summed E-state index contributed by atoms with van der Waals surface area (Å²) < 4.78 is 13.4. The minimum atomic E-state index is -0.528. The summed E-state index contributed by atoms with van der Waals surface area (Å²) in [5.41, 5.74) is 2.60. The normalized spacial score (nSPS) is 26.0. The molecule has 5 nitrogen and oxygen atoms in total. The van der Waals surface area contributed by atoms with Gasteiger partial charge in [0.15, 0.2) is 0 Å². The summed E-state index contributed by atoms with van der Waals surface area (Å²) in [7, 11) is 0. The molecule has 1 amide bonds. The van der Waals surface area contributed by atoms with E-state index in [1.807, 2.05) is 12.1 Å². The molecule has 0 aliphatic heterocycles. The number of aromatic amines is 1. The lowest BCUT2D eigenvalue weighted by molar-refractivity contribution is 0.102. The van der Waals surface area contributed by atoms with E-state index < -0.39 is 5.82 Å². The average molecular weight is 414 g/mol. The Balaban J connectivity index is 1.49. The van der Waals surface area contributed by atoms with Crippen molar-refractivity contribution >= 4 is 34.2 Å². The fourth-order valence-corrected chi connectivity index (χ4v) is 5.41. The second-order valence-electron chi connectivity index (χ2n) is 8.21. The van der Waals surface area contributed by atoms with Gasteiger partial charge in [0, 0.05) is 17.3 Å². The fraction of sp³-hybridized carbons (Fsp3) is 0.364. The van der Waals surface area contributed by atoms with Gasteiger partial charge in [0.1, 0.15) is 17.2 Å². The topological polar surface area (TPSA) is 78.0 Å². The van der Waals surface area contributed by atoms with Crippen LogP contribution in [-0.4, -0.2) is 27.1 Å².